The number of aromatic carboxylic acids is 1. The van der Waals surface area contributed by atoms with Gasteiger partial charge < -0.3 is 14.8 Å². The van der Waals surface area contributed by atoms with Crippen LogP contribution in [0.2, 0.25) is 0 Å². The highest BCUT2D eigenvalue weighted by atomic mass is 79.9. The zero-order chi connectivity index (χ0) is 11.5. The maximum atomic E-state index is 10.6. The second kappa shape index (κ2) is 4.36. The van der Waals surface area contributed by atoms with Crippen molar-refractivity contribution in [3.05, 3.63) is 40.7 Å². The van der Waals surface area contributed by atoms with Gasteiger partial charge in [0.15, 0.2) is 5.69 Å². The van der Waals surface area contributed by atoms with Crippen LogP contribution in [-0.2, 0) is 0 Å². The topological polar surface area (TPSA) is 75.4 Å². The van der Waals surface area contributed by atoms with E-state index in [0.717, 1.165) is 16.4 Å². The van der Waals surface area contributed by atoms with Crippen molar-refractivity contribution in [2.75, 3.05) is 5.32 Å². The Balaban J connectivity index is 2.14. The van der Waals surface area contributed by atoms with Crippen LogP contribution in [0.4, 0.5) is 11.7 Å². The molecule has 1 aromatic carbocycles. The summed E-state index contributed by atoms with van der Waals surface area (Å²) < 4.78 is 5.90. The fourth-order valence-electron chi connectivity index (χ4n) is 1.09. The molecule has 0 bridgehead atoms. The van der Waals surface area contributed by atoms with E-state index in [-0.39, 0.29) is 11.7 Å². The minimum atomic E-state index is -1.12. The molecule has 16 heavy (non-hydrogen) atoms. The van der Waals surface area contributed by atoms with Crippen LogP contribution < -0.4 is 5.32 Å². The van der Waals surface area contributed by atoms with Crippen molar-refractivity contribution in [1.82, 2.24) is 4.98 Å². The van der Waals surface area contributed by atoms with E-state index in [9.17, 15) is 4.79 Å². The van der Waals surface area contributed by atoms with Crippen LogP contribution in [0.15, 0.2) is 39.4 Å². The van der Waals surface area contributed by atoms with Crippen LogP contribution in [0.5, 0.6) is 0 Å². The van der Waals surface area contributed by atoms with Crippen LogP contribution in [0, 0.1) is 0 Å². The maximum absolute atomic E-state index is 10.6. The minimum absolute atomic E-state index is 0.125. The molecule has 0 unspecified atom stereocenters. The molecule has 0 aliphatic carbocycles. The number of aromatic nitrogens is 1. The van der Waals surface area contributed by atoms with Gasteiger partial charge >= 0.3 is 5.97 Å². The third-order valence-electron chi connectivity index (χ3n) is 1.82. The van der Waals surface area contributed by atoms with Crippen LogP contribution in [0.1, 0.15) is 10.5 Å². The predicted molar refractivity (Wildman–Crippen MR) is 60.9 cm³/mol. The number of carboxylic acid groups (broad SMARTS) is 1. The lowest BCUT2D eigenvalue weighted by atomic mass is 10.3. The van der Waals surface area contributed by atoms with Crippen LogP contribution in [0.25, 0.3) is 0 Å². The predicted octanol–water partition coefficient (Wildman–Crippen LogP) is 2.88. The molecule has 82 valence electrons. The molecular weight excluding hydrogens is 276 g/mol. The van der Waals surface area contributed by atoms with Gasteiger partial charge in [0.25, 0.3) is 6.01 Å². The Morgan fingerprint density at radius 3 is 2.62 bits per heavy atom. The van der Waals surface area contributed by atoms with Gasteiger partial charge in [0.05, 0.1) is 0 Å². The Labute approximate surface area is 99.2 Å². The van der Waals surface area contributed by atoms with Crippen LogP contribution >= 0.6 is 15.9 Å². The average molecular weight is 283 g/mol. The monoisotopic (exact) mass is 282 g/mol. The number of oxazole rings is 1. The summed E-state index contributed by atoms with van der Waals surface area (Å²) in [6, 6.07) is 7.48. The smallest absolute Gasteiger partial charge is 0.357 e. The zero-order valence-electron chi connectivity index (χ0n) is 7.98. The van der Waals surface area contributed by atoms with E-state index in [4.69, 9.17) is 9.52 Å². The normalized spacial score (nSPS) is 10.1. The summed E-state index contributed by atoms with van der Waals surface area (Å²) in [7, 11) is 0. The fraction of sp³-hybridized carbons (Fsp3) is 0. The molecule has 0 radical (unpaired) electrons. The van der Waals surface area contributed by atoms with Gasteiger partial charge in [-0.2, -0.15) is 4.98 Å². The van der Waals surface area contributed by atoms with Crippen molar-refractivity contribution in [1.29, 1.82) is 0 Å². The molecule has 2 aromatic rings. The van der Waals surface area contributed by atoms with Crippen LogP contribution in [-0.4, -0.2) is 16.1 Å². The van der Waals surface area contributed by atoms with Crippen LogP contribution in [0.3, 0.4) is 0 Å². The van der Waals surface area contributed by atoms with Gasteiger partial charge in [0.1, 0.15) is 6.26 Å². The zero-order valence-corrected chi connectivity index (χ0v) is 9.56. The summed E-state index contributed by atoms with van der Waals surface area (Å²) in [6.45, 7) is 0. The lowest BCUT2D eigenvalue weighted by molar-refractivity contribution is 0.0690. The number of anilines is 2. The first-order valence-electron chi connectivity index (χ1n) is 4.36. The van der Waals surface area contributed by atoms with E-state index >= 15 is 0 Å². The van der Waals surface area contributed by atoms with E-state index in [1.54, 1.807) is 0 Å². The molecule has 6 heteroatoms. The molecule has 0 saturated heterocycles. The molecule has 1 aromatic heterocycles. The molecule has 2 rings (SSSR count). The van der Waals surface area contributed by atoms with Gasteiger partial charge in [-0.1, -0.05) is 15.9 Å². The van der Waals surface area contributed by atoms with Gasteiger partial charge in [-0.15, -0.1) is 0 Å². The van der Waals surface area contributed by atoms with Gasteiger partial charge in [0.2, 0.25) is 0 Å². The summed E-state index contributed by atoms with van der Waals surface area (Å²) in [6.07, 6.45) is 1.09. The number of carbonyl (C=O) groups is 1. The van der Waals surface area contributed by atoms with Gasteiger partial charge in [0, 0.05) is 10.2 Å². The van der Waals surface area contributed by atoms with Crippen molar-refractivity contribution in [2.24, 2.45) is 0 Å². The van der Waals surface area contributed by atoms with Crippen molar-refractivity contribution in [3.63, 3.8) is 0 Å². The first kappa shape index (κ1) is 10.7. The molecule has 0 amide bonds. The largest absolute Gasteiger partial charge is 0.476 e. The third kappa shape index (κ3) is 2.40. The van der Waals surface area contributed by atoms with E-state index in [1.165, 1.54) is 0 Å². The number of rotatable bonds is 3. The van der Waals surface area contributed by atoms with Gasteiger partial charge in [-0.25, -0.2) is 4.79 Å². The Hall–Kier alpha value is -1.82. The highest BCUT2D eigenvalue weighted by molar-refractivity contribution is 9.10. The van der Waals surface area contributed by atoms with Gasteiger partial charge in [-0.05, 0) is 24.3 Å². The SMILES string of the molecule is O=C(O)c1coc(Nc2ccc(Br)cc2)n1. The molecule has 1 heterocycles. The quantitative estimate of drug-likeness (QED) is 0.905. The standard InChI is InChI=1S/C10H7BrN2O3/c11-6-1-3-7(4-2-6)12-10-13-8(5-16-10)9(14)15/h1-5H,(H,12,13)(H,14,15). The number of nitrogens with zero attached hydrogens (tertiary/aromatic N) is 1. The minimum Gasteiger partial charge on any atom is -0.476 e. The summed E-state index contributed by atoms with van der Waals surface area (Å²) in [5, 5.41) is 11.5. The first-order valence-corrected chi connectivity index (χ1v) is 5.16. The lowest BCUT2D eigenvalue weighted by Gasteiger charge is -2.00. The Morgan fingerprint density at radius 1 is 1.38 bits per heavy atom. The van der Waals surface area contributed by atoms with Gasteiger partial charge in [-0.3, -0.25) is 0 Å². The van der Waals surface area contributed by atoms with Crippen molar-refractivity contribution in [2.45, 2.75) is 0 Å². The number of halogens is 1. The van der Waals surface area contributed by atoms with E-state index in [1.807, 2.05) is 24.3 Å². The average Bonchev–Trinajstić information content (AvgIpc) is 2.70. The summed E-state index contributed by atoms with van der Waals surface area (Å²) in [5.74, 6) is -1.12. The maximum Gasteiger partial charge on any atom is 0.357 e. The molecule has 0 spiro atoms. The second-order valence-electron chi connectivity index (χ2n) is 2.97. The summed E-state index contributed by atoms with van der Waals surface area (Å²) in [4.78, 5) is 14.3. The fourth-order valence-corrected chi connectivity index (χ4v) is 1.35. The Morgan fingerprint density at radius 2 is 2.06 bits per heavy atom. The van der Waals surface area contributed by atoms with Crippen molar-refractivity contribution >= 4 is 33.6 Å². The number of benzene rings is 1. The molecule has 0 saturated carbocycles. The number of nitrogens with one attached hydrogen (secondary N) is 1. The Kier molecular flexibility index (Phi) is 2.91. The molecule has 0 atom stereocenters. The number of hydrogen-bond acceptors (Lipinski definition) is 4. The molecule has 5 nitrogen and oxygen atoms in total. The molecule has 2 N–H and O–H groups in total. The van der Waals surface area contributed by atoms with E-state index in [2.05, 4.69) is 26.2 Å². The molecular formula is C10H7BrN2O3. The highest BCUT2D eigenvalue weighted by Crippen LogP contribution is 2.18. The molecule has 0 aliphatic heterocycles. The van der Waals surface area contributed by atoms with E-state index in [0.29, 0.717) is 0 Å². The first-order chi connectivity index (χ1) is 7.65. The summed E-state index contributed by atoms with van der Waals surface area (Å²) in [5.41, 5.74) is 0.640. The Bertz CT molecular complexity index is 507. The third-order valence-corrected chi connectivity index (χ3v) is 2.35. The lowest BCUT2D eigenvalue weighted by Crippen LogP contribution is -1.97. The van der Waals surface area contributed by atoms with E-state index < -0.39 is 5.97 Å². The molecule has 0 aliphatic rings. The number of hydrogen-bond donors (Lipinski definition) is 2. The van der Waals surface area contributed by atoms with Crippen molar-refractivity contribution < 1.29 is 14.3 Å². The number of carboxylic acids is 1. The highest BCUT2D eigenvalue weighted by Gasteiger charge is 2.09. The second-order valence-corrected chi connectivity index (χ2v) is 3.89. The summed E-state index contributed by atoms with van der Waals surface area (Å²) >= 11 is 3.31. The molecule has 0 fully saturated rings. The van der Waals surface area contributed by atoms with Crippen molar-refractivity contribution in [3.8, 4) is 0 Å².